The summed E-state index contributed by atoms with van der Waals surface area (Å²) in [6.07, 6.45) is 6.35. The number of carbonyl (C=O) groups excluding carboxylic acids is 1. The van der Waals surface area contributed by atoms with Gasteiger partial charge in [0.15, 0.2) is 11.3 Å². The Labute approximate surface area is 228 Å². The Bertz CT molecular complexity index is 1860. The molecule has 6 rings (SSSR count). The summed E-state index contributed by atoms with van der Waals surface area (Å²) in [5, 5.41) is 13.1. The van der Waals surface area contributed by atoms with E-state index in [4.69, 9.17) is 16.6 Å². The predicted molar refractivity (Wildman–Crippen MR) is 147 cm³/mol. The van der Waals surface area contributed by atoms with Gasteiger partial charge in [0.05, 0.1) is 41.4 Å². The maximum atomic E-state index is 12.7. The first-order valence-corrected chi connectivity index (χ1v) is 12.8. The smallest absolute Gasteiger partial charge is 0.309 e. The van der Waals surface area contributed by atoms with Crippen LogP contribution in [-0.4, -0.2) is 41.3 Å². The van der Waals surface area contributed by atoms with E-state index >= 15 is 0 Å². The van der Waals surface area contributed by atoms with E-state index in [-0.39, 0.29) is 41.1 Å². The fraction of sp³-hybridized carbons (Fsp3) is 0.367. The number of nitrogens with one attached hydrogen (secondary N) is 1. The number of carbonyl (C=O) groups is 1. The van der Waals surface area contributed by atoms with Gasteiger partial charge in [0, 0.05) is 28.8 Å². The predicted octanol–water partition coefficient (Wildman–Crippen LogP) is 6.26. The van der Waals surface area contributed by atoms with Crippen molar-refractivity contribution >= 4 is 22.6 Å². The van der Waals surface area contributed by atoms with Gasteiger partial charge in [-0.25, -0.2) is 4.98 Å². The highest BCUT2D eigenvalue weighted by Crippen LogP contribution is 2.40. The van der Waals surface area contributed by atoms with Crippen LogP contribution in [0, 0.1) is 12.8 Å². The first-order chi connectivity index (χ1) is 20.4. The minimum absolute atomic E-state index is 0.0504. The van der Waals surface area contributed by atoms with Crippen LogP contribution in [0.5, 0.6) is 0 Å². The third-order valence-electron chi connectivity index (χ3n) is 7.05. The number of esters is 1. The molecule has 5 aromatic rings. The van der Waals surface area contributed by atoms with Gasteiger partial charge < -0.3 is 4.74 Å². The third-order valence-corrected chi connectivity index (χ3v) is 7.05. The van der Waals surface area contributed by atoms with Gasteiger partial charge in [0.2, 0.25) is 0 Å². The van der Waals surface area contributed by atoms with Crippen LogP contribution in [0.3, 0.4) is 0 Å². The van der Waals surface area contributed by atoms with E-state index in [0.717, 1.165) is 53.7 Å². The molecule has 8 heteroatoms. The molecular formula is C30H32N6O2. The van der Waals surface area contributed by atoms with Gasteiger partial charge in [-0.1, -0.05) is 36.3 Å². The highest BCUT2D eigenvalue weighted by molar-refractivity contribution is 5.87. The second-order valence-corrected chi connectivity index (χ2v) is 10.8. The topological polar surface area (TPSA) is 98.1 Å². The maximum absolute atomic E-state index is 12.7. The second-order valence-electron chi connectivity index (χ2n) is 10.8. The van der Waals surface area contributed by atoms with Crippen LogP contribution in [0.1, 0.15) is 70.6 Å². The molecule has 0 unspecified atom stereocenters. The number of H-pyrrole nitrogens is 1. The molecule has 1 aliphatic carbocycles. The van der Waals surface area contributed by atoms with Gasteiger partial charge in [-0.05, 0) is 59.4 Å². The van der Waals surface area contributed by atoms with Crippen molar-refractivity contribution in [2.75, 3.05) is 0 Å². The zero-order valence-corrected chi connectivity index (χ0v) is 21.8. The molecule has 1 aliphatic rings. The SMILES string of the molecule is [2H]c1c([2H])c([2H])c(-c2ccc(-c3cnn4c3nc([C@H]3CC[C@H](C(=O)OC(C)(C)C)CC3)c3c(C)n[nH]c34)cn2)c([2H])c1[2H]. The molecule has 1 aromatic carbocycles. The van der Waals surface area contributed by atoms with E-state index in [1.807, 2.05) is 27.7 Å². The minimum atomic E-state index is -0.513. The number of rotatable bonds is 4. The molecular weight excluding hydrogens is 476 g/mol. The number of benzene rings is 1. The lowest BCUT2D eigenvalue weighted by Crippen LogP contribution is -2.30. The number of aromatic amines is 1. The van der Waals surface area contributed by atoms with Gasteiger partial charge in [-0.3, -0.25) is 14.9 Å². The lowest BCUT2D eigenvalue weighted by Gasteiger charge is -2.30. The van der Waals surface area contributed by atoms with Gasteiger partial charge in [-0.2, -0.15) is 14.7 Å². The number of aromatic nitrogens is 6. The number of nitrogens with zero attached hydrogens (tertiary/aromatic N) is 5. The third kappa shape index (κ3) is 4.44. The molecule has 0 spiro atoms. The average Bonchev–Trinajstić information content (AvgIpc) is 3.58. The summed E-state index contributed by atoms with van der Waals surface area (Å²) < 4.78 is 47.7. The van der Waals surface area contributed by atoms with Crippen molar-refractivity contribution in [3.8, 4) is 22.4 Å². The van der Waals surface area contributed by atoms with E-state index in [1.165, 1.54) is 0 Å². The number of ether oxygens (including phenoxy) is 1. The number of hydrogen-bond donors (Lipinski definition) is 1. The lowest BCUT2D eigenvalue weighted by molar-refractivity contribution is -0.161. The van der Waals surface area contributed by atoms with Crippen LogP contribution in [-0.2, 0) is 9.53 Å². The van der Waals surface area contributed by atoms with Crippen molar-refractivity contribution in [3.05, 3.63) is 66.1 Å². The first-order valence-electron chi connectivity index (χ1n) is 15.3. The summed E-state index contributed by atoms with van der Waals surface area (Å²) in [5.41, 5.74) is 4.37. The lowest BCUT2D eigenvalue weighted by atomic mass is 9.79. The Hall–Kier alpha value is -4.07. The molecule has 1 N–H and O–H groups in total. The minimum Gasteiger partial charge on any atom is -0.460 e. The fourth-order valence-corrected chi connectivity index (χ4v) is 5.23. The largest absolute Gasteiger partial charge is 0.460 e. The first kappa shape index (κ1) is 19.1. The fourth-order valence-electron chi connectivity index (χ4n) is 5.23. The van der Waals surface area contributed by atoms with Gasteiger partial charge in [0.1, 0.15) is 5.60 Å². The van der Waals surface area contributed by atoms with Crippen molar-refractivity contribution in [1.82, 2.24) is 29.8 Å². The van der Waals surface area contributed by atoms with Crippen molar-refractivity contribution in [3.63, 3.8) is 0 Å². The molecule has 194 valence electrons. The molecule has 4 heterocycles. The van der Waals surface area contributed by atoms with Crippen molar-refractivity contribution in [1.29, 1.82) is 0 Å². The van der Waals surface area contributed by atoms with E-state index in [1.54, 1.807) is 29.0 Å². The molecule has 38 heavy (non-hydrogen) atoms. The zero-order valence-electron chi connectivity index (χ0n) is 26.8. The maximum Gasteiger partial charge on any atom is 0.309 e. The summed E-state index contributed by atoms with van der Waals surface area (Å²) in [5.74, 6) is -0.134. The second kappa shape index (κ2) is 9.35. The average molecular weight is 514 g/mol. The Balaban J connectivity index is 1.36. The number of aryl methyl sites for hydroxylation is 1. The zero-order chi connectivity index (χ0) is 30.8. The Morgan fingerprint density at radius 2 is 1.84 bits per heavy atom. The van der Waals surface area contributed by atoms with E-state index in [0.29, 0.717) is 11.2 Å². The molecule has 0 radical (unpaired) electrons. The van der Waals surface area contributed by atoms with Gasteiger partial charge in [0.25, 0.3) is 0 Å². The number of hydrogen-bond acceptors (Lipinski definition) is 6. The molecule has 1 saturated carbocycles. The van der Waals surface area contributed by atoms with Crippen molar-refractivity contribution in [2.24, 2.45) is 5.92 Å². The summed E-state index contributed by atoms with van der Waals surface area (Å²) in [6, 6.07) is 1.59. The molecule has 0 saturated heterocycles. The van der Waals surface area contributed by atoms with Crippen LogP contribution < -0.4 is 0 Å². The highest BCUT2D eigenvalue weighted by atomic mass is 16.6. The summed E-state index contributed by atoms with van der Waals surface area (Å²) in [7, 11) is 0. The quantitative estimate of drug-likeness (QED) is 0.285. The molecule has 0 amide bonds. The van der Waals surface area contributed by atoms with Crippen LogP contribution in [0.4, 0.5) is 0 Å². The summed E-state index contributed by atoms with van der Waals surface area (Å²) >= 11 is 0. The van der Waals surface area contributed by atoms with E-state index < -0.39 is 23.7 Å². The van der Waals surface area contributed by atoms with Gasteiger partial charge >= 0.3 is 5.97 Å². The standard InChI is InChI=1S/C30H32N6O2/c1-18-25-26(20-10-12-21(13-11-20)29(37)38-30(2,3)4)33-27-23(17-32-36(27)28(25)35-34-18)22-14-15-24(31-16-22)19-8-6-5-7-9-19/h5-9,14-17,20-21H,10-13H2,1-4H3,(H,34,35)/t20-,21-/i5D,6D,7D,8D,9D. The molecule has 0 atom stereocenters. The summed E-state index contributed by atoms with van der Waals surface area (Å²) in [4.78, 5) is 22.3. The highest BCUT2D eigenvalue weighted by Gasteiger charge is 2.33. The van der Waals surface area contributed by atoms with Crippen LogP contribution in [0.25, 0.3) is 39.1 Å². The number of pyridine rings is 1. The van der Waals surface area contributed by atoms with Crippen molar-refractivity contribution in [2.45, 2.75) is 64.9 Å². The Morgan fingerprint density at radius 3 is 2.53 bits per heavy atom. The molecule has 0 bridgehead atoms. The summed E-state index contributed by atoms with van der Waals surface area (Å²) in [6.45, 7) is 7.59. The molecule has 1 fully saturated rings. The number of fused-ring (bicyclic) bond motifs is 3. The van der Waals surface area contributed by atoms with Crippen LogP contribution in [0.2, 0.25) is 0 Å². The Morgan fingerprint density at radius 1 is 1.08 bits per heavy atom. The van der Waals surface area contributed by atoms with Crippen LogP contribution >= 0.6 is 0 Å². The van der Waals surface area contributed by atoms with E-state index in [9.17, 15) is 4.79 Å². The monoisotopic (exact) mass is 513 g/mol. The van der Waals surface area contributed by atoms with Crippen molar-refractivity contribution < 1.29 is 16.4 Å². The van der Waals surface area contributed by atoms with Crippen LogP contribution in [0.15, 0.2) is 54.7 Å². The molecule has 0 aliphatic heterocycles. The Kier molecular flexibility index (Phi) is 4.69. The molecule has 8 nitrogen and oxygen atoms in total. The van der Waals surface area contributed by atoms with Gasteiger partial charge in [-0.15, -0.1) is 0 Å². The molecule has 4 aromatic heterocycles. The normalized spacial score (nSPS) is 20.1. The van der Waals surface area contributed by atoms with E-state index in [2.05, 4.69) is 20.3 Å².